The molecule has 1 atom stereocenters. The summed E-state index contributed by atoms with van der Waals surface area (Å²) in [6.07, 6.45) is 4.66. The fourth-order valence-corrected chi connectivity index (χ4v) is 4.69. The average Bonchev–Trinajstić information content (AvgIpc) is 2.85. The Hall–Kier alpha value is -3.46. The van der Waals surface area contributed by atoms with Crippen LogP contribution in [-0.2, 0) is 19.4 Å². The predicted molar refractivity (Wildman–Crippen MR) is 128 cm³/mol. The molecule has 0 unspecified atom stereocenters. The SMILES string of the molecule is O=C1c2ccc(C#Cc3ccncc3)cc2CCN1C[C@H](O)CN1CCc2ccccc2C1. The van der Waals surface area contributed by atoms with Crippen molar-refractivity contribution >= 4 is 5.91 Å². The van der Waals surface area contributed by atoms with Crippen LogP contribution in [0.4, 0.5) is 0 Å². The van der Waals surface area contributed by atoms with Crippen molar-refractivity contribution in [2.45, 2.75) is 25.5 Å². The van der Waals surface area contributed by atoms with Crippen LogP contribution in [0.5, 0.6) is 0 Å². The molecular weight excluding hydrogens is 410 g/mol. The number of carbonyl (C=O) groups is 1. The van der Waals surface area contributed by atoms with E-state index >= 15 is 0 Å². The molecule has 0 radical (unpaired) electrons. The van der Waals surface area contributed by atoms with Gasteiger partial charge in [0.15, 0.2) is 0 Å². The van der Waals surface area contributed by atoms with Gasteiger partial charge in [0.25, 0.3) is 5.91 Å². The minimum atomic E-state index is -0.564. The van der Waals surface area contributed by atoms with Crippen LogP contribution in [0.15, 0.2) is 67.0 Å². The molecule has 1 amide bonds. The van der Waals surface area contributed by atoms with Gasteiger partial charge in [0, 0.05) is 61.8 Å². The summed E-state index contributed by atoms with van der Waals surface area (Å²) in [6, 6.07) is 18.0. The maximum atomic E-state index is 13.1. The number of pyridine rings is 1. The van der Waals surface area contributed by atoms with Gasteiger partial charge in [-0.1, -0.05) is 36.1 Å². The number of aliphatic hydroxyl groups is 1. The van der Waals surface area contributed by atoms with Crippen molar-refractivity contribution in [1.82, 2.24) is 14.8 Å². The maximum absolute atomic E-state index is 13.1. The second kappa shape index (κ2) is 9.58. The first-order valence-electron chi connectivity index (χ1n) is 11.5. The zero-order chi connectivity index (χ0) is 22.6. The highest BCUT2D eigenvalue weighted by Crippen LogP contribution is 2.22. The number of hydrogen-bond donors (Lipinski definition) is 1. The van der Waals surface area contributed by atoms with Crippen LogP contribution in [0, 0.1) is 11.8 Å². The Morgan fingerprint density at radius 3 is 2.48 bits per heavy atom. The summed E-state index contributed by atoms with van der Waals surface area (Å²) in [7, 11) is 0. The highest BCUT2D eigenvalue weighted by molar-refractivity contribution is 5.97. The van der Waals surface area contributed by atoms with Crippen LogP contribution in [0.1, 0.15) is 38.2 Å². The van der Waals surface area contributed by atoms with E-state index in [-0.39, 0.29) is 5.91 Å². The minimum absolute atomic E-state index is 0.00654. The molecule has 166 valence electrons. The molecule has 5 heteroatoms. The molecule has 33 heavy (non-hydrogen) atoms. The Kier molecular flexibility index (Phi) is 6.21. The largest absolute Gasteiger partial charge is 0.390 e. The number of β-amino-alcohol motifs (C(OH)–C–C–N with tert-alkyl or cyclic N) is 1. The Labute approximate surface area is 194 Å². The summed E-state index contributed by atoms with van der Waals surface area (Å²) in [5.41, 5.74) is 6.29. The second-order valence-corrected chi connectivity index (χ2v) is 8.77. The number of benzene rings is 2. The first kappa shape index (κ1) is 21.4. The normalized spacial score (nSPS) is 16.4. The third-order valence-corrected chi connectivity index (χ3v) is 6.42. The van der Waals surface area contributed by atoms with E-state index in [0.29, 0.717) is 19.6 Å². The molecule has 0 fully saturated rings. The zero-order valence-corrected chi connectivity index (χ0v) is 18.6. The second-order valence-electron chi connectivity index (χ2n) is 8.77. The van der Waals surface area contributed by atoms with Crippen LogP contribution >= 0.6 is 0 Å². The summed E-state index contributed by atoms with van der Waals surface area (Å²) in [5.74, 6) is 6.30. The molecule has 3 heterocycles. The highest BCUT2D eigenvalue weighted by atomic mass is 16.3. The highest BCUT2D eigenvalue weighted by Gasteiger charge is 2.27. The summed E-state index contributed by atoms with van der Waals surface area (Å²) >= 11 is 0. The fraction of sp³-hybridized carbons (Fsp3) is 0.286. The lowest BCUT2D eigenvalue weighted by molar-refractivity contribution is 0.0493. The van der Waals surface area contributed by atoms with Gasteiger partial charge in [0.05, 0.1) is 6.10 Å². The Balaban J connectivity index is 1.20. The number of fused-ring (bicyclic) bond motifs is 2. The molecule has 0 spiro atoms. The lowest BCUT2D eigenvalue weighted by atomic mass is 9.96. The number of amides is 1. The standard InChI is InChI=1S/C28H27N3O2/c32-26(19-30-15-11-23-3-1-2-4-25(23)18-30)20-31-16-12-24-17-22(7-8-27(24)28(31)33)6-5-21-9-13-29-14-10-21/h1-4,7-10,13-14,17,26,32H,11-12,15-16,18-20H2/t26-/m1/s1. The monoisotopic (exact) mass is 437 g/mol. The number of rotatable bonds is 4. The van der Waals surface area contributed by atoms with Gasteiger partial charge < -0.3 is 10.0 Å². The van der Waals surface area contributed by atoms with Gasteiger partial charge in [0.2, 0.25) is 0 Å². The van der Waals surface area contributed by atoms with E-state index in [4.69, 9.17) is 0 Å². The summed E-state index contributed by atoms with van der Waals surface area (Å²) in [6.45, 7) is 3.35. The molecule has 2 aliphatic rings. The third-order valence-electron chi connectivity index (χ3n) is 6.42. The van der Waals surface area contributed by atoms with Gasteiger partial charge in [-0.15, -0.1) is 0 Å². The first-order chi connectivity index (χ1) is 16.2. The summed E-state index contributed by atoms with van der Waals surface area (Å²) in [4.78, 5) is 21.1. The van der Waals surface area contributed by atoms with Gasteiger partial charge in [0.1, 0.15) is 0 Å². The third kappa shape index (κ3) is 4.98. The Morgan fingerprint density at radius 2 is 1.64 bits per heavy atom. The first-order valence-corrected chi connectivity index (χ1v) is 11.5. The van der Waals surface area contributed by atoms with Crippen molar-refractivity contribution < 1.29 is 9.90 Å². The fourth-order valence-electron chi connectivity index (χ4n) is 4.69. The van der Waals surface area contributed by atoms with Crippen LogP contribution in [0.2, 0.25) is 0 Å². The molecule has 2 aliphatic heterocycles. The van der Waals surface area contributed by atoms with Crippen molar-refractivity contribution in [3.63, 3.8) is 0 Å². The van der Waals surface area contributed by atoms with Crippen LogP contribution in [0.3, 0.4) is 0 Å². The number of carbonyl (C=O) groups excluding carboxylic acids is 1. The van der Waals surface area contributed by atoms with E-state index in [1.54, 1.807) is 17.3 Å². The van der Waals surface area contributed by atoms with Crippen molar-refractivity contribution in [1.29, 1.82) is 0 Å². The molecule has 3 aromatic rings. The van der Waals surface area contributed by atoms with Gasteiger partial charge in [-0.25, -0.2) is 0 Å². The van der Waals surface area contributed by atoms with Crippen LogP contribution in [-0.4, -0.2) is 58.1 Å². The average molecular weight is 438 g/mol. The predicted octanol–water partition coefficient (Wildman–Crippen LogP) is 2.90. The number of nitrogens with zero attached hydrogens (tertiary/aromatic N) is 3. The van der Waals surface area contributed by atoms with E-state index in [0.717, 1.165) is 48.2 Å². The van der Waals surface area contributed by atoms with Gasteiger partial charge in [-0.2, -0.15) is 0 Å². The number of aromatic nitrogens is 1. The van der Waals surface area contributed by atoms with Crippen LogP contribution < -0.4 is 0 Å². The molecule has 0 bridgehead atoms. The lowest BCUT2D eigenvalue weighted by Gasteiger charge is -2.34. The van der Waals surface area contributed by atoms with E-state index in [1.165, 1.54) is 11.1 Å². The van der Waals surface area contributed by atoms with E-state index < -0.39 is 6.10 Å². The van der Waals surface area contributed by atoms with Gasteiger partial charge >= 0.3 is 0 Å². The van der Waals surface area contributed by atoms with Crippen LogP contribution in [0.25, 0.3) is 0 Å². The Bertz CT molecular complexity index is 1210. The van der Waals surface area contributed by atoms with E-state index in [9.17, 15) is 9.90 Å². The lowest BCUT2D eigenvalue weighted by Crippen LogP contribution is -2.46. The molecule has 5 nitrogen and oxygen atoms in total. The molecule has 1 N–H and O–H groups in total. The topological polar surface area (TPSA) is 56.7 Å². The summed E-state index contributed by atoms with van der Waals surface area (Å²) < 4.78 is 0. The van der Waals surface area contributed by atoms with Gasteiger partial charge in [-0.05, 0) is 59.9 Å². The zero-order valence-electron chi connectivity index (χ0n) is 18.6. The molecular formula is C28H27N3O2. The number of hydrogen-bond acceptors (Lipinski definition) is 4. The minimum Gasteiger partial charge on any atom is -0.390 e. The van der Waals surface area contributed by atoms with E-state index in [2.05, 4.69) is 46.0 Å². The molecule has 5 rings (SSSR count). The van der Waals surface area contributed by atoms with E-state index in [1.807, 2.05) is 30.3 Å². The van der Waals surface area contributed by atoms with Crippen molar-refractivity contribution in [2.75, 3.05) is 26.2 Å². The smallest absolute Gasteiger partial charge is 0.254 e. The van der Waals surface area contributed by atoms with Gasteiger partial charge in [-0.3, -0.25) is 14.7 Å². The molecule has 1 aromatic heterocycles. The Morgan fingerprint density at radius 1 is 0.879 bits per heavy atom. The molecule has 0 saturated carbocycles. The molecule has 0 aliphatic carbocycles. The summed E-state index contributed by atoms with van der Waals surface area (Å²) in [5, 5.41) is 10.7. The van der Waals surface area contributed by atoms with Crippen molar-refractivity contribution in [3.8, 4) is 11.8 Å². The molecule has 2 aromatic carbocycles. The maximum Gasteiger partial charge on any atom is 0.254 e. The van der Waals surface area contributed by atoms with Crippen molar-refractivity contribution in [2.24, 2.45) is 0 Å². The molecule has 0 saturated heterocycles. The number of aliphatic hydroxyl groups excluding tert-OH is 1. The van der Waals surface area contributed by atoms with Crippen molar-refractivity contribution in [3.05, 3.63) is 100 Å². The quantitative estimate of drug-likeness (QED) is 0.638.